The molecule has 1 aromatic rings. The number of fused-ring (bicyclic) bond motifs is 1. The molecular weight excluding hydrogens is 234 g/mol. The van der Waals surface area contributed by atoms with Crippen LogP contribution in [0.5, 0.6) is 11.5 Å². The molecule has 6 nitrogen and oxygen atoms in total. The molecule has 0 spiro atoms. The zero-order valence-corrected chi connectivity index (χ0v) is 9.47. The van der Waals surface area contributed by atoms with Crippen molar-refractivity contribution in [3.63, 3.8) is 0 Å². The SMILES string of the molecule is NN=C(N)C1=C(C(=O)c2ccc3c(c2)OCO3)C1. The van der Waals surface area contributed by atoms with Gasteiger partial charge in [-0.05, 0) is 18.2 Å². The topological polar surface area (TPSA) is 99.9 Å². The van der Waals surface area contributed by atoms with Gasteiger partial charge in [-0.2, -0.15) is 5.10 Å². The van der Waals surface area contributed by atoms with Crippen LogP contribution in [0.2, 0.25) is 0 Å². The summed E-state index contributed by atoms with van der Waals surface area (Å²) in [6.45, 7) is 0.188. The first-order valence-corrected chi connectivity index (χ1v) is 5.41. The molecule has 6 heteroatoms. The second kappa shape index (κ2) is 3.76. The maximum atomic E-state index is 12.1. The first-order chi connectivity index (χ1) is 8.70. The summed E-state index contributed by atoms with van der Waals surface area (Å²) in [5.74, 6) is 6.46. The predicted octanol–water partition coefficient (Wildman–Crippen LogP) is 0.529. The summed E-state index contributed by atoms with van der Waals surface area (Å²) in [5.41, 5.74) is 7.47. The van der Waals surface area contributed by atoms with E-state index in [-0.39, 0.29) is 18.4 Å². The molecule has 0 bridgehead atoms. The fourth-order valence-corrected chi connectivity index (χ4v) is 1.88. The number of carbonyl (C=O) groups is 1. The number of hydrogen-bond acceptors (Lipinski definition) is 5. The Hall–Kier alpha value is -2.50. The fraction of sp³-hybridized carbons (Fsp3) is 0.167. The molecule has 0 unspecified atom stereocenters. The van der Waals surface area contributed by atoms with Crippen molar-refractivity contribution < 1.29 is 14.3 Å². The van der Waals surface area contributed by atoms with Gasteiger partial charge < -0.3 is 21.1 Å². The van der Waals surface area contributed by atoms with E-state index in [0.717, 1.165) is 5.57 Å². The van der Waals surface area contributed by atoms with E-state index in [0.29, 0.717) is 29.1 Å². The average Bonchev–Trinajstić information content (AvgIpc) is 3.06. The summed E-state index contributed by atoms with van der Waals surface area (Å²) < 4.78 is 10.4. The quantitative estimate of drug-likeness (QED) is 0.266. The van der Waals surface area contributed by atoms with Gasteiger partial charge in [0.05, 0.1) is 0 Å². The number of allylic oxidation sites excluding steroid dienone is 1. The van der Waals surface area contributed by atoms with E-state index in [4.69, 9.17) is 21.1 Å². The van der Waals surface area contributed by atoms with Crippen LogP contribution >= 0.6 is 0 Å². The fourth-order valence-electron chi connectivity index (χ4n) is 1.88. The van der Waals surface area contributed by atoms with Crippen LogP contribution in [0.15, 0.2) is 34.4 Å². The van der Waals surface area contributed by atoms with Crippen LogP contribution in [0.25, 0.3) is 0 Å². The minimum Gasteiger partial charge on any atom is -0.454 e. The van der Waals surface area contributed by atoms with E-state index in [2.05, 4.69) is 5.10 Å². The van der Waals surface area contributed by atoms with Gasteiger partial charge in [0, 0.05) is 23.1 Å². The molecule has 92 valence electrons. The third-order valence-electron chi connectivity index (χ3n) is 2.95. The molecule has 0 radical (unpaired) electrons. The van der Waals surface area contributed by atoms with E-state index in [1.165, 1.54) is 0 Å². The molecule has 1 aliphatic heterocycles. The Morgan fingerprint density at radius 2 is 2.00 bits per heavy atom. The Balaban J connectivity index is 1.89. The standard InChI is InChI=1S/C12H11N3O3/c13-12(15-14)8-4-7(8)11(16)6-1-2-9-10(3-6)18-5-17-9/h1-3H,4-5,14H2,(H2,13,15). The van der Waals surface area contributed by atoms with Gasteiger partial charge in [0.25, 0.3) is 0 Å². The van der Waals surface area contributed by atoms with Gasteiger partial charge >= 0.3 is 0 Å². The summed E-state index contributed by atoms with van der Waals surface area (Å²) in [7, 11) is 0. The maximum Gasteiger partial charge on any atom is 0.231 e. The van der Waals surface area contributed by atoms with Crippen LogP contribution in [0.1, 0.15) is 16.8 Å². The second-order valence-corrected chi connectivity index (χ2v) is 4.05. The summed E-state index contributed by atoms with van der Waals surface area (Å²) >= 11 is 0. The van der Waals surface area contributed by atoms with Crippen LogP contribution in [0.4, 0.5) is 0 Å². The smallest absolute Gasteiger partial charge is 0.231 e. The molecule has 0 atom stereocenters. The minimum atomic E-state index is -0.0742. The summed E-state index contributed by atoms with van der Waals surface area (Å²) in [6, 6.07) is 5.09. The van der Waals surface area contributed by atoms with E-state index >= 15 is 0 Å². The normalized spacial score (nSPS) is 17.0. The molecule has 4 N–H and O–H groups in total. The van der Waals surface area contributed by atoms with Crippen LogP contribution in [0.3, 0.4) is 0 Å². The van der Waals surface area contributed by atoms with Crippen molar-refractivity contribution in [2.24, 2.45) is 16.7 Å². The van der Waals surface area contributed by atoms with Crippen LogP contribution in [0, 0.1) is 0 Å². The lowest BCUT2D eigenvalue weighted by Crippen LogP contribution is -2.12. The van der Waals surface area contributed by atoms with E-state index in [1.54, 1.807) is 18.2 Å². The number of hydrogen-bond donors (Lipinski definition) is 2. The van der Waals surface area contributed by atoms with Gasteiger partial charge in [0.1, 0.15) is 5.84 Å². The van der Waals surface area contributed by atoms with Crippen molar-refractivity contribution in [1.29, 1.82) is 0 Å². The molecule has 2 aliphatic rings. The van der Waals surface area contributed by atoms with Gasteiger partial charge in [-0.1, -0.05) is 0 Å². The first kappa shape index (κ1) is 10.6. The van der Waals surface area contributed by atoms with Crippen molar-refractivity contribution in [3.8, 4) is 11.5 Å². The van der Waals surface area contributed by atoms with Gasteiger partial charge in [-0.15, -0.1) is 0 Å². The van der Waals surface area contributed by atoms with Gasteiger partial charge in [0.15, 0.2) is 17.3 Å². The zero-order valence-electron chi connectivity index (χ0n) is 9.47. The number of rotatable bonds is 3. The highest BCUT2D eigenvalue weighted by atomic mass is 16.7. The summed E-state index contributed by atoms with van der Waals surface area (Å²) in [5, 5.41) is 3.37. The third-order valence-corrected chi connectivity index (χ3v) is 2.95. The van der Waals surface area contributed by atoms with Crippen molar-refractivity contribution in [2.75, 3.05) is 6.79 Å². The number of hydrazone groups is 1. The first-order valence-electron chi connectivity index (χ1n) is 5.41. The molecule has 0 saturated heterocycles. The summed E-state index contributed by atoms with van der Waals surface area (Å²) in [4.78, 5) is 12.1. The molecule has 0 saturated carbocycles. The zero-order chi connectivity index (χ0) is 12.7. The molecule has 18 heavy (non-hydrogen) atoms. The number of nitrogens with two attached hydrogens (primary N) is 2. The van der Waals surface area contributed by atoms with Crippen molar-refractivity contribution in [3.05, 3.63) is 34.9 Å². The maximum absolute atomic E-state index is 12.1. The molecule has 1 heterocycles. The molecule has 0 fully saturated rings. The Bertz CT molecular complexity index is 605. The van der Waals surface area contributed by atoms with Crippen LogP contribution in [-0.2, 0) is 0 Å². The van der Waals surface area contributed by atoms with Crippen LogP contribution in [-0.4, -0.2) is 18.4 Å². The van der Waals surface area contributed by atoms with Crippen molar-refractivity contribution >= 4 is 11.6 Å². The number of amidine groups is 1. The van der Waals surface area contributed by atoms with E-state index < -0.39 is 0 Å². The van der Waals surface area contributed by atoms with Gasteiger partial charge in [-0.3, -0.25) is 4.79 Å². The molecular formula is C12H11N3O3. The Morgan fingerprint density at radius 1 is 1.22 bits per heavy atom. The van der Waals surface area contributed by atoms with E-state index in [1.807, 2.05) is 0 Å². The monoisotopic (exact) mass is 245 g/mol. The Kier molecular flexibility index (Phi) is 2.22. The van der Waals surface area contributed by atoms with Crippen molar-refractivity contribution in [2.45, 2.75) is 6.42 Å². The number of carbonyl (C=O) groups excluding carboxylic acids is 1. The Morgan fingerprint density at radius 3 is 2.78 bits per heavy atom. The number of benzene rings is 1. The number of nitrogens with zero attached hydrogens (tertiary/aromatic N) is 1. The highest BCUT2D eigenvalue weighted by Crippen LogP contribution is 2.37. The van der Waals surface area contributed by atoms with E-state index in [9.17, 15) is 4.79 Å². The highest BCUT2D eigenvalue weighted by molar-refractivity contribution is 6.20. The van der Waals surface area contributed by atoms with Gasteiger partial charge in [0.2, 0.25) is 6.79 Å². The molecule has 3 rings (SSSR count). The summed E-state index contributed by atoms with van der Waals surface area (Å²) in [6.07, 6.45) is 0.541. The molecule has 1 aliphatic carbocycles. The lowest BCUT2D eigenvalue weighted by molar-refractivity contribution is 0.103. The molecule has 0 amide bonds. The number of ketones is 1. The highest BCUT2D eigenvalue weighted by Gasteiger charge is 2.32. The Labute approximate surface area is 103 Å². The average molecular weight is 245 g/mol. The minimum absolute atomic E-state index is 0.0742. The second-order valence-electron chi connectivity index (χ2n) is 4.05. The molecule has 1 aromatic carbocycles. The van der Waals surface area contributed by atoms with Crippen molar-refractivity contribution in [1.82, 2.24) is 0 Å². The third kappa shape index (κ3) is 1.58. The number of Topliss-reactive ketones (excluding diaryl/α,β-unsaturated/α-hetero) is 1. The largest absolute Gasteiger partial charge is 0.454 e. The van der Waals surface area contributed by atoms with Gasteiger partial charge in [-0.25, -0.2) is 0 Å². The number of ether oxygens (including phenoxy) is 2. The molecule has 0 aromatic heterocycles. The predicted molar refractivity (Wildman–Crippen MR) is 64.3 cm³/mol. The van der Waals surface area contributed by atoms with Crippen LogP contribution < -0.4 is 21.1 Å². The lowest BCUT2D eigenvalue weighted by Gasteiger charge is -1.99. The lowest BCUT2D eigenvalue weighted by atomic mass is 10.1.